The van der Waals surface area contributed by atoms with Crippen LogP contribution in [0.3, 0.4) is 0 Å². The number of piperidine rings is 1. The maximum atomic E-state index is 12.9. The zero-order valence-electron chi connectivity index (χ0n) is 16.8. The van der Waals surface area contributed by atoms with Crippen LogP contribution in [0, 0.1) is 5.92 Å². The molecule has 1 aliphatic carbocycles. The number of hydrogen-bond acceptors (Lipinski definition) is 6. The van der Waals surface area contributed by atoms with Gasteiger partial charge in [-0.25, -0.2) is 4.79 Å². The SMILES string of the molecule is O=C1NCC2CCN(CC2)C(=O)c2cc(ccn2)Nc2cc([nH]n2)[C@H]2CC[C@H](C2)O1. The van der Waals surface area contributed by atoms with Crippen molar-refractivity contribution in [2.75, 3.05) is 25.0 Å². The van der Waals surface area contributed by atoms with Gasteiger partial charge in [-0.05, 0) is 50.2 Å². The van der Waals surface area contributed by atoms with Gasteiger partial charge in [0.2, 0.25) is 0 Å². The van der Waals surface area contributed by atoms with E-state index >= 15 is 0 Å². The molecule has 0 aromatic carbocycles. The van der Waals surface area contributed by atoms with E-state index < -0.39 is 0 Å². The number of H-pyrrole nitrogens is 1. The van der Waals surface area contributed by atoms with E-state index in [1.54, 1.807) is 12.3 Å². The monoisotopic (exact) mass is 410 g/mol. The summed E-state index contributed by atoms with van der Waals surface area (Å²) in [5, 5.41) is 13.6. The van der Waals surface area contributed by atoms with E-state index in [1.165, 1.54) is 0 Å². The molecule has 0 unspecified atom stereocenters. The van der Waals surface area contributed by atoms with E-state index in [1.807, 2.05) is 17.0 Å². The second-order valence-electron chi connectivity index (χ2n) is 8.42. The molecule has 2 aromatic rings. The third-order valence-corrected chi connectivity index (χ3v) is 6.38. The standard InChI is InChI=1S/C21H26N6O3/c28-20-18-10-15(3-6-22-18)24-19-11-17(25-26-19)14-1-2-16(9-14)30-21(29)23-12-13-4-7-27(20)8-5-13/h3,6,10-11,13-14,16H,1-2,4-5,7-9,12H2,(H,23,29)(H2,24,25,26)/t14-,16+/m0/s1. The van der Waals surface area contributed by atoms with Crippen molar-refractivity contribution < 1.29 is 14.3 Å². The lowest BCUT2D eigenvalue weighted by atomic mass is 9.96. The normalized spacial score (nSPS) is 26.8. The highest BCUT2D eigenvalue weighted by Gasteiger charge is 2.31. The minimum atomic E-state index is -0.343. The number of nitrogens with zero attached hydrogens (tertiary/aromatic N) is 3. The lowest BCUT2D eigenvalue weighted by Gasteiger charge is -2.32. The number of pyridine rings is 1. The van der Waals surface area contributed by atoms with Crippen LogP contribution in [-0.2, 0) is 4.74 Å². The van der Waals surface area contributed by atoms with E-state index in [0.717, 1.165) is 43.5 Å². The molecule has 9 nitrogen and oxygen atoms in total. The Balaban J connectivity index is 1.40. The molecule has 8 bridgehead atoms. The summed E-state index contributed by atoms with van der Waals surface area (Å²) in [7, 11) is 0. The maximum Gasteiger partial charge on any atom is 0.407 e. The van der Waals surface area contributed by atoms with Crippen molar-refractivity contribution in [3.63, 3.8) is 0 Å². The predicted octanol–water partition coefficient (Wildman–Crippen LogP) is 2.78. The number of carbonyl (C=O) groups is 2. The van der Waals surface area contributed by atoms with Gasteiger partial charge in [-0.15, -0.1) is 0 Å². The molecule has 2 amide bonds. The number of nitrogens with one attached hydrogen (secondary N) is 3. The summed E-state index contributed by atoms with van der Waals surface area (Å²) in [4.78, 5) is 31.2. The molecular formula is C21H26N6O3. The van der Waals surface area contributed by atoms with Crippen molar-refractivity contribution >= 4 is 23.5 Å². The first-order chi connectivity index (χ1) is 14.6. The van der Waals surface area contributed by atoms with Crippen LogP contribution in [0.5, 0.6) is 0 Å². The van der Waals surface area contributed by atoms with Gasteiger partial charge in [-0.2, -0.15) is 5.10 Å². The Bertz CT molecular complexity index is 936. The minimum absolute atomic E-state index is 0.0672. The molecule has 0 radical (unpaired) electrons. The zero-order valence-corrected chi connectivity index (χ0v) is 16.8. The van der Waals surface area contributed by atoms with Crippen molar-refractivity contribution in [2.45, 2.75) is 44.1 Å². The third kappa shape index (κ3) is 3.96. The molecule has 1 saturated heterocycles. The van der Waals surface area contributed by atoms with Crippen LogP contribution < -0.4 is 10.6 Å². The van der Waals surface area contributed by atoms with Gasteiger partial charge < -0.3 is 20.3 Å². The Hall–Kier alpha value is -3.10. The van der Waals surface area contributed by atoms with Gasteiger partial charge in [-0.3, -0.25) is 14.9 Å². The van der Waals surface area contributed by atoms with Gasteiger partial charge >= 0.3 is 6.09 Å². The van der Waals surface area contributed by atoms with Gasteiger partial charge in [0, 0.05) is 49.2 Å². The smallest absolute Gasteiger partial charge is 0.407 e. The van der Waals surface area contributed by atoms with Crippen LogP contribution >= 0.6 is 0 Å². The Kier molecular flexibility index (Phi) is 5.02. The molecule has 0 spiro atoms. The summed E-state index contributed by atoms with van der Waals surface area (Å²) < 4.78 is 5.64. The molecule has 2 atom stereocenters. The lowest BCUT2D eigenvalue weighted by molar-refractivity contribution is 0.0675. The highest BCUT2D eigenvalue weighted by molar-refractivity contribution is 5.93. The predicted molar refractivity (Wildman–Crippen MR) is 110 cm³/mol. The zero-order chi connectivity index (χ0) is 20.5. The number of carbonyl (C=O) groups excluding carboxylic acids is 2. The average Bonchev–Trinajstić information content (AvgIpc) is 3.41. The first-order valence-electron chi connectivity index (χ1n) is 10.7. The first-order valence-corrected chi connectivity index (χ1v) is 10.7. The first kappa shape index (κ1) is 18.9. The number of rotatable bonds is 0. The molecule has 3 aliphatic heterocycles. The lowest BCUT2D eigenvalue weighted by Crippen LogP contribution is -2.42. The Morgan fingerprint density at radius 3 is 2.83 bits per heavy atom. The number of alkyl carbamates (subject to hydrolysis) is 1. The largest absolute Gasteiger partial charge is 0.446 e. The average molecular weight is 410 g/mol. The second-order valence-corrected chi connectivity index (χ2v) is 8.42. The molecule has 3 N–H and O–H groups in total. The molecule has 6 rings (SSSR count). The molecule has 158 valence electrons. The quantitative estimate of drug-likeness (QED) is 0.616. The summed E-state index contributed by atoms with van der Waals surface area (Å²) in [6.45, 7) is 1.90. The number of aromatic nitrogens is 3. The van der Waals surface area contributed by atoms with E-state index in [9.17, 15) is 9.59 Å². The van der Waals surface area contributed by atoms with E-state index in [-0.39, 0.29) is 24.0 Å². The van der Waals surface area contributed by atoms with Crippen molar-refractivity contribution in [1.29, 1.82) is 0 Å². The van der Waals surface area contributed by atoms with Gasteiger partial charge in [-0.1, -0.05) is 0 Å². The van der Waals surface area contributed by atoms with Crippen LogP contribution in [0.4, 0.5) is 16.3 Å². The van der Waals surface area contributed by atoms with E-state index in [0.29, 0.717) is 37.1 Å². The molecule has 9 heteroatoms. The number of aromatic amines is 1. The van der Waals surface area contributed by atoms with Gasteiger partial charge in [0.1, 0.15) is 11.8 Å². The Morgan fingerprint density at radius 1 is 1.10 bits per heavy atom. The van der Waals surface area contributed by atoms with Crippen LogP contribution in [0.15, 0.2) is 24.4 Å². The number of fused-ring (bicyclic) bond motifs is 5. The fourth-order valence-electron chi connectivity index (χ4n) is 4.64. The van der Waals surface area contributed by atoms with Crippen molar-refractivity contribution in [2.24, 2.45) is 5.92 Å². The van der Waals surface area contributed by atoms with Gasteiger partial charge in [0.15, 0.2) is 5.82 Å². The number of amides is 2. The topological polar surface area (TPSA) is 112 Å². The molecule has 2 fully saturated rings. The second kappa shape index (κ2) is 7.97. The molecule has 2 aromatic heterocycles. The summed E-state index contributed by atoms with van der Waals surface area (Å²) >= 11 is 0. The third-order valence-electron chi connectivity index (χ3n) is 6.38. The number of ether oxygens (including phenoxy) is 1. The maximum absolute atomic E-state index is 12.9. The van der Waals surface area contributed by atoms with Crippen LogP contribution in [-0.4, -0.2) is 57.8 Å². The van der Waals surface area contributed by atoms with E-state index in [2.05, 4.69) is 25.8 Å². The highest BCUT2D eigenvalue weighted by atomic mass is 16.6. The van der Waals surface area contributed by atoms with Crippen LogP contribution in [0.1, 0.15) is 54.2 Å². The van der Waals surface area contributed by atoms with Crippen molar-refractivity contribution in [3.8, 4) is 0 Å². The number of hydrogen-bond donors (Lipinski definition) is 3. The van der Waals surface area contributed by atoms with Crippen molar-refractivity contribution in [1.82, 2.24) is 25.4 Å². The van der Waals surface area contributed by atoms with Crippen molar-refractivity contribution in [3.05, 3.63) is 35.8 Å². The number of anilines is 2. The van der Waals surface area contributed by atoms with Crippen LogP contribution in [0.25, 0.3) is 0 Å². The van der Waals surface area contributed by atoms with Gasteiger partial charge in [0.25, 0.3) is 5.91 Å². The molecule has 4 aliphatic rings. The molecule has 30 heavy (non-hydrogen) atoms. The fourth-order valence-corrected chi connectivity index (χ4v) is 4.64. The fraction of sp³-hybridized carbons (Fsp3) is 0.524. The summed E-state index contributed by atoms with van der Waals surface area (Å²) in [6.07, 6.45) is 5.54. The summed E-state index contributed by atoms with van der Waals surface area (Å²) in [6, 6.07) is 5.58. The van der Waals surface area contributed by atoms with E-state index in [4.69, 9.17) is 4.74 Å². The minimum Gasteiger partial charge on any atom is -0.446 e. The van der Waals surface area contributed by atoms with Crippen LogP contribution in [0.2, 0.25) is 0 Å². The highest BCUT2D eigenvalue weighted by Crippen LogP contribution is 2.36. The summed E-state index contributed by atoms with van der Waals surface area (Å²) in [5.41, 5.74) is 2.23. The van der Waals surface area contributed by atoms with Gasteiger partial charge in [0.05, 0.1) is 0 Å². The summed E-state index contributed by atoms with van der Waals surface area (Å²) in [5.74, 6) is 1.26. The Labute approximate surface area is 174 Å². The molecular weight excluding hydrogens is 384 g/mol. The molecule has 1 saturated carbocycles. The molecule has 5 heterocycles. The Morgan fingerprint density at radius 2 is 1.97 bits per heavy atom.